The van der Waals surface area contributed by atoms with E-state index in [1.54, 1.807) is 31.8 Å². The zero-order valence-electron chi connectivity index (χ0n) is 17.4. The highest BCUT2D eigenvalue weighted by atomic mass is 16.5. The summed E-state index contributed by atoms with van der Waals surface area (Å²) in [4.78, 5) is 21.9. The molecule has 7 nitrogen and oxygen atoms in total. The second-order valence-electron chi connectivity index (χ2n) is 7.37. The molecule has 2 aromatic carbocycles. The Balaban J connectivity index is 1.73. The van der Waals surface area contributed by atoms with Crippen LogP contribution < -0.4 is 9.47 Å². The predicted octanol–water partition coefficient (Wildman–Crippen LogP) is 4.19. The van der Waals surface area contributed by atoms with Crippen LogP contribution in [0.3, 0.4) is 0 Å². The van der Waals surface area contributed by atoms with Crippen LogP contribution in [0.15, 0.2) is 72.3 Å². The first-order chi connectivity index (χ1) is 15.1. The van der Waals surface area contributed by atoms with Crippen molar-refractivity contribution in [3.05, 3.63) is 83.4 Å². The number of hydrogen-bond acceptors (Lipinski definition) is 6. The van der Waals surface area contributed by atoms with Gasteiger partial charge in [0.05, 0.1) is 12.7 Å². The van der Waals surface area contributed by atoms with Crippen LogP contribution in [0.4, 0.5) is 0 Å². The smallest absolute Gasteiger partial charge is 0.228 e. The molecule has 0 aliphatic carbocycles. The second-order valence-corrected chi connectivity index (χ2v) is 7.37. The minimum absolute atomic E-state index is 0.0473. The van der Waals surface area contributed by atoms with Crippen molar-refractivity contribution in [1.82, 2.24) is 19.6 Å². The van der Waals surface area contributed by atoms with Crippen LogP contribution in [-0.4, -0.2) is 32.5 Å². The van der Waals surface area contributed by atoms with E-state index in [9.17, 15) is 4.79 Å². The molecule has 3 heterocycles. The standard InChI is InChI=1S/C24H20N4O3/c1-14(29)19-15(2)31-24-21(20(19)16-7-5-4-6-8-16)23-26-22(27-28(23)13-25-24)17-9-11-18(30-3)12-10-17/h4-13,20H,1-3H3. The average Bonchev–Trinajstić information content (AvgIpc) is 3.23. The lowest BCUT2D eigenvalue weighted by atomic mass is 9.82. The number of carbonyl (C=O) groups is 1. The van der Waals surface area contributed by atoms with Gasteiger partial charge in [0, 0.05) is 17.1 Å². The van der Waals surface area contributed by atoms with E-state index in [0.717, 1.165) is 22.4 Å². The van der Waals surface area contributed by atoms with Crippen molar-refractivity contribution >= 4 is 11.4 Å². The molecule has 0 saturated carbocycles. The summed E-state index contributed by atoms with van der Waals surface area (Å²) in [5.74, 6) is 1.93. The largest absolute Gasteiger partial charge is 0.497 e. The Labute approximate surface area is 179 Å². The number of aromatic nitrogens is 4. The number of ketones is 1. The molecule has 4 aromatic rings. The highest BCUT2D eigenvalue weighted by Gasteiger charge is 2.35. The van der Waals surface area contributed by atoms with E-state index >= 15 is 0 Å². The summed E-state index contributed by atoms with van der Waals surface area (Å²) in [7, 11) is 1.63. The Kier molecular flexibility index (Phi) is 4.51. The minimum atomic E-state index is -0.341. The Morgan fingerprint density at radius 3 is 2.52 bits per heavy atom. The molecule has 1 atom stereocenters. The molecule has 0 spiro atoms. The summed E-state index contributed by atoms with van der Waals surface area (Å²) in [6.45, 7) is 3.36. The van der Waals surface area contributed by atoms with Gasteiger partial charge in [0.2, 0.25) is 5.88 Å². The summed E-state index contributed by atoms with van der Waals surface area (Å²) in [5.41, 5.74) is 3.76. The summed E-state index contributed by atoms with van der Waals surface area (Å²) < 4.78 is 12.8. The maximum atomic E-state index is 12.6. The van der Waals surface area contributed by atoms with Crippen LogP contribution in [0, 0.1) is 0 Å². The molecule has 2 aromatic heterocycles. The van der Waals surface area contributed by atoms with E-state index in [4.69, 9.17) is 14.5 Å². The molecule has 154 valence electrons. The summed E-state index contributed by atoms with van der Waals surface area (Å²) in [5, 5.41) is 4.61. The topological polar surface area (TPSA) is 78.6 Å². The zero-order chi connectivity index (χ0) is 21.5. The Morgan fingerprint density at radius 2 is 1.84 bits per heavy atom. The first-order valence-electron chi connectivity index (χ1n) is 9.91. The van der Waals surface area contributed by atoms with Crippen molar-refractivity contribution in [3.8, 4) is 23.0 Å². The molecular formula is C24H20N4O3. The fraction of sp³-hybridized carbons (Fsp3) is 0.167. The normalized spacial score (nSPS) is 15.5. The predicted molar refractivity (Wildman–Crippen MR) is 115 cm³/mol. The van der Waals surface area contributed by atoms with Crippen molar-refractivity contribution < 1.29 is 14.3 Å². The van der Waals surface area contributed by atoms with Crippen LogP contribution in [0.5, 0.6) is 11.6 Å². The lowest BCUT2D eigenvalue weighted by Gasteiger charge is -2.28. The first-order valence-corrected chi connectivity index (χ1v) is 9.91. The van der Waals surface area contributed by atoms with Gasteiger partial charge in [-0.05, 0) is 43.7 Å². The molecular weight excluding hydrogens is 392 g/mol. The van der Waals surface area contributed by atoms with E-state index < -0.39 is 0 Å². The highest BCUT2D eigenvalue weighted by molar-refractivity contribution is 5.97. The number of carbonyl (C=O) groups excluding carboxylic acids is 1. The van der Waals surface area contributed by atoms with E-state index in [2.05, 4.69) is 10.1 Å². The van der Waals surface area contributed by atoms with Gasteiger partial charge in [-0.25, -0.2) is 14.5 Å². The molecule has 0 fully saturated rings. The Morgan fingerprint density at radius 1 is 1.10 bits per heavy atom. The number of allylic oxidation sites excluding steroid dienone is 2. The summed E-state index contributed by atoms with van der Waals surface area (Å²) in [6.07, 6.45) is 1.59. The molecule has 1 aliphatic rings. The number of rotatable bonds is 4. The molecule has 1 aliphatic heterocycles. The molecule has 7 heteroatoms. The SMILES string of the molecule is COc1ccc(-c2nc3c4c(ncn3n2)OC(C)=C(C(C)=O)C4c2ccccc2)cc1. The number of hydrogen-bond donors (Lipinski definition) is 0. The summed E-state index contributed by atoms with van der Waals surface area (Å²) >= 11 is 0. The van der Waals surface area contributed by atoms with Crippen molar-refractivity contribution in [2.24, 2.45) is 0 Å². The fourth-order valence-corrected chi connectivity index (χ4v) is 4.03. The number of Topliss-reactive ketones (excluding diaryl/α,β-unsaturated/α-hetero) is 1. The van der Waals surface area contributed by atoms with E-state index in [1.807, 2.05) is 54.6 Å². The number of methoxy groups -OCH3 is 1. The molecule has 0 amide bonds. The van der Waals surface area contributed by atoms with Crippen molar-refractivity contribution in [2.45, 2.75) is 19.8 Å². The summed E-state index contributed by atoms with van der Waals surface area (Å²) in [6, 6.07) is 17.4. The quantitative estimate of drug-likeness (QED) is 0.500. The number of nitrogens with zero attached hydrogens (tertiary/aromatic N) is 4. The van der Waals surface area contributed by atoms with Crippen LogP contribution in [-0.2, 0) is 4.79 Å². The third-order valence-corrected chi connectivity index (χ3v) is 5.45. The van der Waals surface area contributed by atoms with Crippen LogP contribution in [0.2, 0.25) is 0 Å². The van der Waals surface area contributed by atoms with Crippen LogP contribution in [0.1, 0.15) is 30.9 Å². The molecule has 31 heavy (non-hydrogen) atoms. The van der Waals surface area contributed by atoms with Gasteiger partial charge in [-0.1, -0.05) is 30.3 Å². The number of benzene rings is 2. The van der Waals surface area contributed by atoms with Gasteiger partial charge in [-0.3, -0.25) is 4.79 Å². The molecule has 0 bridgehead atoms. The van der Waals surface area contributed by atoms with Gasteiger partial charge in [0.15, 0.2) is 17.3 Å². The maximum Gasteiger partial charge on any atom is 0.228 e. The maximum absolute atomic E-state index is 12.6. The van der Waals surface area contributed by atoms with Crippen LogP contribution in [0.25, 0.3) is 17.0 Å². The van der Waals surface area contributed by atoms with Gasteiger partial charge in [0.25, 0.3) is 0 Å². The fourth-order valence-electron chi connectivity index (χ4n) is 4.03. The average molecular weight is 412 g/mol. The second kappa shape index (κ2) is 7.36. The van der Waals surface area contributed by atoms with Crippen molar-refractivity contribution in [1.29, 1.82) is 0 Å². The van der Waals surface area contributed by atoms with Gasteiger partial charge in [-0.15, -0.1) is 5.10 Å². The molecule has 0 radical (unpaired) electrons. The highest BCUT2D eigenvalue weighted by Crippen LogP contribution is 2.44. The van der Waals surface area contributed by atoms with Crippen molar-refractivity contribution in [2.75, 3.05) is 7.11 Å². The Hall–Kier alpha value is -4.00. The number of fused-ring (bicyclic) bond motifs is 3. The zero-order valence-corrected chi connectivity index (χ0v) is 17.4. The molecule has 0 N–H and O–H groups in total. The Bertz CT molecular complexity index is 1320. The van der Waals surface area contributed by atoms with E-state index in [0.29, 0.717) is 28.7 Å². The monoisotopic (exact) mass is 412 g/mol. The van der Waals surface area contributed by atoms with Crippen LogP contribution >= 0.6 is 0 Å². The van der Waals surface area contributed by atoms with Gasteiger partial charge in [0.1, 0.15) is 17.8 Å². The number of ether oxygens (including phenoxy) is 2. The molecule has 0 saturated heterocycles. The van der Waals surface area contributed by atoms with Crippen molar-refractivity contribution in [3.63, 3.8) is 0 Å². The molecule has 1 unspecified atom stereocenters. The lowest BCUT2D eigenvalue weighted by Crippen LogP contribution is -2.22. The van der Waals surface area contributed by atoms with Gasteiger partial charge >= 0.3 is 0 Å². The van der Waals surface area contributed by atoms with Gasteiger partial charge in [-0.2, -0.15) is 0 Å². The van der Waals surface area contributed by atoms with E-state index in [1.165, 1.54) is 0 Å². The third kappa shape index (κ3) is 3.15. The minimum Gasteiger partial charge on any atom is -0.497 e. The van der Waals surface area contributed by atoms with E-state index in [-0.39, 0.29) is 11.7 Å². The lowest BCUT2D eigenvalue weighted by molar-refractivity contribution is -0.114. The van der Waals surface area contributed by atoms with Gasteiger partial charge < -0.3 is 9.47 Å². The third-order valence-electron chi connectivity index (χ3n) is 5.45. The molecule has 5 rings (SSSR count). The first kappa shape index (κ1) is 19.0.